The predicted octanol–water partition coefficient (Wildman–Crippen LogP) is -1.50. The minimum atomic E-state index is 0. The maximum atomic E-state index is 5.27. The van der Waals surface area contributed by atoms with Crippen LogP contribution in [0.5, 0.6) is 0 Å². The highest BCUT2D eigenvalue weighted by molar-refractivity contribution is 5.85. The molecule has 0 aromatic rings. The van der Waals surface area contributed by atoms with Gasteiger partial charge in [0.25, 0.3) is 0 Å². The van der Waals surface area contributed by atoms with Gasteiger partial charge in [-0.05, 0) is 0 Å². The van der Waals surface area contributed by atoms with Gasteiger partial charge in [0.15, 0.2) is 0 Å². The van der Waals surface area contributed by atoms with Crippen LogP contribution in [-0.4, -0.2) is 39.3 Å². The van der Waals surface area contributed by atoms with Gasteiger partial charge < -0.3 is 22.1 Å². The second-order valence-corrected chi connectivity index (χ2v) is 2.08. The Kier molecular flexibility index (Phi) is 15.9. The smallest absolute Gasteiger partial charge is 0.00772 e. The summed E-state index contributed by atoms with van der Waals surface area (Å²) in [6, 6.07) is 0. The van der Waals surface area contributed by atoms with E-state index in [9.17, 15) is 0 Å². The molecule has 11 heavy (non-hydrogen) atoms. The second kappa shape index (κ2) is 12.8. The van der Waals surface area contributed by atoms with Crippen LogP contribution in [0.15, 0.2) is 0 Å². The lowest BCUT2D eigenvalue weighted by molar-refractivity contribution is 0.618. The fourth-order valence-electron chi connectivity index (χ4n) is 0.631. The number of nitrogens with one attached hydrogen (secondary N) is 2. The first-order valence-corrected chi connectivity index (χ1v) is 3.73. The van der Waals surface area contributed by atoms with E-state index >= 15 is 0 Å². The maximum Gasteiger partial charge on any atom is 0.00772 e. The van der Waals surface area contributed by atoms with Crippen molar-refractivity contribution >= 4 is 12.4 Å². The molecule has 0 unspecified atom stereocenters. The molecule has 0 spiro atoms. The summed E-state index contributed by atoms with van der Waals surface area (Å²) in [4.78, 5) is 0. The summed E-state index contributed by atoms with van der Waals surface area (Å²) >= 11 is 0. The Hall–Kier alpha value is 0.130. The molecule has 0 aliphatic rings. The zero-order valence-electron chi connectivity index (χ0n) is 6.81. The molecule has 0 aromatic heterocycles. The highest BCUT2D eigenvalue weighted by Crippen LogP contribution is 1.57. The van der Waals surface area contributed by atoms with Crippen LogP contribution in [0.4, 0.5) is 0 Å². The van der Waals surface area contributed by atoms with Crippen LogP contribution in [0.3, 0.4) is 0 Å². The van der Waals surface area contributed by atoms with Gasteiger partial charge in [-0.3, -0.25) is 0 Å². The molecule has 0 fully saturated rings. The summed E-state index contributed by atoms with van der Waals surface area (Å²) in [5.41, 5.74) is 10.5. The Labute approximate surface area is 74.5 Å². The van der Waals surface area contributed by atoms with Crippen molar-refractivity contribution in [3.63, 3.8) is 0 Å². The van der Waals surface area contributed by atoms with Crippen LogP contribution < -0.4 is 22.1 Å². The van der Waals surface area contributed by atoms with Crippen molar-refractivity contribution in [2.24, 2.45) is 11.5 Å². The Morgan fingerprint density at radius 2 is 1.09 bits per heavy atom. The van der Waals surface area contributed by atoms with Gasteiger partial charge in [-0.2, -0.15) is 0 Å². The van der Waals surface area contributed by atoms with Gasteiger partial charge in [-0.25, -0.2) is 0 Å². The summed E-state index contributed by atoms with van der Waals surface area (Å²) < 4.78 is 0. The SMILES string of the molecule is Cl.NCCNCCNCCN. The van der Waals surface area contributed by atoms with Crippen molar-refractivity contribution in [2.75, 3.05) is 39.3 Å². The molecule has 0 rings (SSSR count). The fourth-order valence-corrected chi connectivity index (χ4v) is 0.631. The molecule has 70 valence electrons. The molecular formula is C6H19ClN4. The van der Waals surface area contributed by atoms with Crippen LogP contribution >= 0.6 is 12.4 Å². The van der Waals surface area contributed by atoms with Gasteiger partial charge in [-0.1, -0.05) is 0 Å². The van der Waals surface area contributed by atoms with Gasteiger partial charge in [0.05, 0.1) is 0 Å². The zero-order valence-corrected chi connectivity index (χ0v) is 7.62. The van der Waals surface area contributed by atoms with Gasteiger partial charge in [0, 0.05) is 39.3 Å². The van der Waals surface area contributed by atoms with E-state index in [0.29, 0.717) is 13.1 Å². The lowest BCUT2D eigenvalue weighted by Crippen LogP contribution is -2.32. The topological polar surface area (TPSA) is 76.1 Å². The Morgan fingerprint density at radius 1 is 0.727 bits per heavy atom. The van der Waals surface area contributed by atoms with Crippen LogP contribution in [-0.2, 0) is 0 Å². The van der Waals surface area contributed by atoms with Crippen molar-refractivity contribution in [3.8, 4) is 0 Å². The summed E-state index contributed by atoms with van der Waals surface area (Å²) in [6.45, 7) is 5.14. The first-order chi connectivity index (χ1) is 4.91. The maximum absolute atomic E-state index is 5.27. The Morgan fingerprint density at radius 3 is 1.36 bits per heavy atom. The van der Waals surface area contributed by atoms with E-state index in [0.717, 1.165) is 26.2 Å². The minimum Gasteiger partial charge on any atom is -0.329 e. The molecule has 0 radical (unpaired) electrons. The van der Waals surface area contributed by atoms with Gasteiger partial charge in [-0.15, -0.1) is 12.4 Å². The highest BCUT2D eigenvalue weighted by atomic mass is 35.5. The van der Waals surface area contributed by atoms with Crippen LogP contribution in [0, 0.1) is 0 Å². The largest absolute Gasteiger partial charge is 0.329 e. The molecule has 0 bridgehead atoms. The highest BCUT2D eigenvalue weighted by Gasteiger charge is 1.83. The summed E-state index contributed by atoms with van der Waals surface area (Å²) in [5, 5.41) is 6.33. The van der Waals surface area contributed by atoms with E-state index in [2.05, 4.69) is 10.6 Å². The molecule has 5 heteroatoms. The summed E-state index contributed by atoms with van der Waals surface area (Å²) in [7, 11) is 0. The van der Waals surface area contributed by atoms with E-state index < -0.39 is 0 Å². The molecule has 0 saturated carbocycles. The molecular weight excluding hydrogens is 164 g/mol. The van der Waals surface area contributed by atoms with Crippen LogP contribution in [0.25, 0.3) is 0 Å². The van der Waals surface area contributed by atoms with E-state index in [-0.39, 0.29) is 12.4 Å². The zero-order chi connectivity index (χ0) is 7.66. The third kappa shape index (κ3) is 13.2. The Balaban J connectivity index is 0. The van der Waals surface area contributed by atoms with Gasteiger partial charge >= 0.3 is 0 Å². The lowest BCUT2D eigenvalue weighted by Gasteiger charge is -2.03. The first-order valence-electron chi connectivity index (χ1n) is 3.73. The second-order valence-electron chi connectivity index (χ2n) is 2.08. The molecule has 0 saturated heterocycles. The Bertz CT molecular complexity index is 54.5. The molecule has 0 amide bonds. The number of hydrogen-bond acceptors (Lipinski definition) is 4. The number of hydrogen-bond donors (Lipinski definition) is 4. The average Bonchev–Trinajstić information content (AvgIpc) is 1.97. The normalized spacial score (nSPS) is 9.27. The molecule has 0 aliphatic heterocycles. The van der Waals surface area contributed by atoms with Crippen molar-refractivity contribution in [1.82, 2.24) is 10.6 Å². The molecule has 0 atom stereocenters. The number of nitrogens with two attached hydrogens (primary N) is 2. The molecule has 0 heterocycles. The summed E-state index contributed by atoms with van der Waals surface area (Å²) in [6.07, 6.45) is 0. The molecule has 4 nitrogen and oxygen atoms in total. The molecule has 0 aliphatic carbocycles. The van der Waals surface area contributed by atoms with Crippen molar-refractivity contribution in [3.05, 3.63) is 0 Å². The first kappa shape index (κ1) is 13.7. The van der Waals surface area contributed by atoms with Crippen LogP contribution in [0.1, 0.15) is 0 Å². The van der Waals surface area contributed by atoms with Crippen molar-refractivity contribution in [1.29, 1.82) is 0 Å². The lowest BCUT2D eigenvalue weighted by atomic mass is 10.5. The van der Waals surface area contributed by atoms with Crippen LogP contribution in [0.2, 0.25) is 0 Å². The van der Waals surface area contributed by atoms with E-state index in [1.807, 2.05) is 0 Å². The minimum absolute atomic E-state index is 0. The molecule has 0 aromatic carbocycles. The quantitative estimate of drug-likeness (QED) is 0.362. The molecule has 6 N–H and O–H groups in total. The summed E-state index contributed by atoms with van der Waals surface area (Å²) in [5.74, 6) is 0. The number of rotatable bonds is 7. The fraction of sp³-hybridized carbons (Fsp3) is 1.00. The standard InChI is InChI=1S/C6H18N4.ClH/c7-1-3-9-5-6-10-4-2-8;/h9-10H,1-8H2;1H. The predicted molar refractivity (Wildman–Crippen MR) is 51.1 cm³/mol. The average molecular weight is 183 g/mol. The third-order valence-corrected chi connectivity index (χ3v) is 1.12. The number of halogens is 1. The third-order valence-electron chi connectivity index (χ3n) is 1.12. The van der Waals surface area contributed by atoms with Gasteiger partial charge in [0.1, 0.15) is 0 Å². The van der Waals surface area contributed by atoms with Crippen molar-refractivity contribution in [2.45, 2.75) is 0 Å². The van der Waals surface area contributed by atoms with Crippen molar-refractivity contribution < 1.29 is 0 Å². The van der Waals surface area contributed by atoms with E-state index in [4.69, 9.17) is 11.5 Å². The van der Waals surface area contributed by atoms with E-state index in [1.54, 1.807) is 0 Å². The van der Waals surface area contributed by atoms with Gasteiger partial charge in [0.2, 0.25) is 0 Å². The monoisotopic (exact) mass is 182 g/mol. The van der Waals surface area contributed by atoms with E-state index in [1.165, 1.54) is 0 Å².